The average molecular weight is 287 g/mol. The Hall–Kier alpha value is -1.89. The van der Waals surface area contributed by atoms with E-state index in [0.717, 1.165) is 6.07 Å². The molecular weight excluding hydrogens is 274 g/mol. The maximum absolute atomic E-state index is 14.0. The Morgan fingerprint density at radius 2 is 2.05 bits per heavy atom. The number of imidazole rings is 1. The van der Waals surface area contributed by atoms with Crippen LogP contribution in [-0.4, -0.2) is 9.55 Å². The lowest BCUT2D eigenvalue weighted by molar-refractivity contribution is -0.140. The minimum atomic E-state index is -4.75. The quantitative estimate of drug-likeness (QED) is 0.881. The van der Waals surface area contributed by atoms with Gasteiger partial charge in [-0.3, -0.25) is 0 Å². The third kappa shape index (κ3) is 2.53. The molecule has 0 fully saturated rings. The standard InChI is InChI=1S/C13H13F4N3/c1-2-20-7-6-19-12(20)11(18)8-4-3-5-9(10(8)14)13(15,16)17/h3-7,11H,2,18H2,1H3. The second kappa shape index (κ2) is 5.24. The number of hydrogen-bond donors (Lipinski definition) is 1. The van der Waals surface area contributed by atoms with Crippen LogP contribution in [-0.2, 0) is 12.7 Å². The highest BCUT2D eigenvalue weighted by Crippen LogP contribution is 2.34. The molecule has 0 radical (unpaired) electrons. The van der Waals surface area contributed by atoms with Crippen molar-refractivity contribution in [1.29, 1.82) is 0 Å². The summed E-state index contributed by atoms with van der Waals surface area (Å²) in [6.45, 7) is 2.38. The van der Waals surface area contributed by atoms with Crippen LogP contribution in [0.25, 0.3) is 0 Å². The summed E-state index contributed by atoms with van der Waals surface area (Å²) in [7, 11) is 0. The Kier molecular flexibility index (Phi) is 3.80. The van der Waals surface area contributed by atoms with E-state index < -0.39 is 23.6 Å². The molecule has 2 N–H and O–H groups in total. The van der Waals surface area contributed by atoms with E-state index in [2.05, 4.69) is 4.98 Å². The minimum absolute atomic E-state index is 0.222. The van der Waals surface area contributed by atoms with Gasteiger partial charge in [0.05, 0.1) is 11.6 Å². The largest absolute Gasteiger partial charge is 0.419 e. The molecule has 3 nitrogen and oxygen atoms in total. The van der Waals surface area contributed by atoms with Crippen molar-refractivity contribution < 1.29 is 17.6 Å². The fraction of sp³-hybridized carbons (Fsp3) is 0.308. The Labute approximate surface area is 113 Å². The van der Waals surface area contributed by atoms with Crippen molar-refractivity contribution >= 4 is 0 Å². The van der Waals surface area contributed by atoms with Gasteiger partial charge in [0.2, 0.25) is 0 Å². The van der Waals surface area contributed by atoms with E-state index in [9.17, 15) is 17.6 Å². The van der Waals surface area contributed by atoms with E-state index in [1.807, 2.05) is 6.92 Å². The number of alkyl halides is 3. The molecular formula is C13H13F4N3. The van der Waals surface area contributed by atoms with Crippen LogP contribution < -0.4 is 5.73 Å². The highest BCUT2D eigenvalue weighted by Gasteiger charge is 2.35. The topological polar surface area (TPSA) is 43.8 Å². The van der Waals surface area contributed by atoms with Crippen LogP contribution in [0, 0.1) is 5.82 Å². The number of nitrogens with zero attached hydrogens (tertiary/aromatic N) is 2. The lowest BCUT2D eigenvalue weighted by atomic mass is 10.0. The fourth-order valence-corrected chi connectivity index (χ4v) is 2.02. The minimum Gasteiger partial charge on any atom is -0.334 e. The molecule has 1 unspecified atom stereocenters. The molecule has 1 atom stereocenters. The van der Waals surface area contributed by atoms with Gasteiger partial charge >= 0.3 is 6.18 Å². The first-order valence-corrected chi connectivity index (χ1v) is 5.98. The molecule has 0 aliphatic heterocycles. The summed E-state index contributed by atoms with van der Waals surface area (Å²) in [5.41, 5.74) is 4.32. The number of aromatic nitrogens is 2. The Morgan fingerprint density at radius 3 is 2.65 bits per heavy atom. The van der Waals surface area contributed by atoms with Gasteiger partial charge in [-0.15, -0.1) is 0 Å². The number of aryl methyl sites for hydroxylation is 1. The lowest BCUT2D eigenvalue weighted by Gasteiger charge is -2.17. The van der Waals surface area contributed by atoms with Crippen molar-refractivity contribution in [2.24, 2.45) is 5.73 Å². The van der Waals surface area contributed by atoms with Gasteiger partial charge in [-0.05, 0) is 13.0 Å². The predicted molar refractivity (Wildman–Crippen MR) is 65.3 cm³/mol. The number of halogens is 4. The molecule has 0 bridgehead atoms. The Morgan fingerprint density at radius 1 is 1.35 bits per heavy atom. The van der Waals surface area contributed by atoms with Crippen LogP contribution in [0.15, 0.2) is 30.6 Å². The monoisotopic (exact) mass is 287 g/mol. The van der Waals surface area contributed by atoms with Gasteiger partial charge in [0, 0.05) is 24.5 Å². The molecule has 0 spiro atoms. The van der Waals surface area contributed by atoms with Crippen LogP contribution >= 0.6 is 0 Å². The normalized spacial score (nSPS) is 13.5. The molecule has 0 amide bonds. The zero-order chi connectivity index (χ0) is 14.9. The van der Waals surface area contributed by atoms with Crippen molar-refractivity contribution in [2.45, 2.75) is 25.7 Å². The summed E-state index contributed by atoms with van der Waals surface area (Å²) >= 11 is 0. The van der Waals surface area contributed by atoms with Crippen LogP contribution in [0.4, 0.5) is 17.6 Å². The maximum Gasteiger partial charge on any atom is 0.419 e. The molecule has 0 aliphatic rings. The van der Waals surface area contributed by atoms with Crippen molar-refractivity contribution in [3.05, 3.63) is 53.4 Å². The first kappa shape index (κ1) is 14.5. The second-order valence-corrected chi connectivity index (χ2v) is 4.26. The highest BCUT2D eigenvalue weighted by molar-refractivity contribution is 5.33. The molecule has 108 valence electrons. The number of hydrogen-bond acceptors (Lipinski definition) is 2. The molecule has 1 aromatic heterocycles. The van der Waals surface area contributed by atoms with Crippen LogP contribution in [0.5, 0.6) is 0 Å². The summed E-state index contributed by atoms with van der Waals surface area (Å²) in [5.74, 6) is -1.02. The van der Waals surface area contributed by atoms with Gasteiger partial charge in [0.25, 0.3) is 0 Å². The number of nitrogens with two attached hydrogens (primary N) is 1. The van der Waals surface area contributed by atoms with E-state index in [1.165, 1.54) is 12.3 Å². The van der Waals surface area contributed by atoms with Gasteiger partial charge < -0.3 is 10.3 Å². The first-order valence-electron chi connectivity index (χ1n) is 5.98. The van der Waals surface area contributed by atoms with Crippen LogP contribution in [0.3, 0.4) is 0 Å². The summed E-state index contributed by atoms with van der Waals surface area (Å²) in [4.78, 5) is 3.99. The van der Waals surface area contributed by atoms with Crippen molar-refractivity contribution in [1.82, 2.24) is 9.55 Å². The molecule has 20 heavy (non-hydrogen) atoms. The van der Waals surface area contributed by atoms with Crippen molar-refractivity contribution in [2.75, 3.05) is 0 Å². The van der Waals surface area contributed by atoms with E-state index >= 15 is 0 Å². The van der Waals surface area contributed by atoms with E-state index in [4.69, 9.17) is 5.73 Å². The van der Waals surface area contributed by atoms with Gasteiger partial charge in [0.15, 0.2) is 0 Å². The van der Waals surface area contributed by atoms with Crippen LogP contribution in [0.1, 0.15) is 29.9 Å². The number of benzene rings is 1. The Bertz CT molecular complexity index is 604. The molecule has 0 saturated heterocycles. The zero-order valence-electron chi connectivity index (χ0n) is 10.7. The third-order valence-electron chi connectivity index (χ3n) is 3.04. The first-order chi connectivity index (χ1) is 9.36. The second-order valence-electron chi connectivity index (χ2n) is 4.26. The van der Waals surface area contributed by atoms with Gasteiger partial charge in [-0.2, -0.15) is 13.2 Å². The Balaban J connectivity index is 2.48. The molecule has 0 aliphatic carbocycles. The highest BCUT2D eigenvalue weighted by atomic mass is 19.4. The van der Waals surface area contributed by atoms with Gasteiger partial charge in [-0.1, -0.05) is 12.1 Å². The molecule has 0 saturated carbocycles. The van der Waals surface area contributed by atoms with Gasteiger partial charge in [-0.25, -0.2) is 9.37 Å². The molecule has 7 heteroatoms. The lowest BCUT2D eigenvalue weighted by Crippen LogP contribution is -2.20. The van der Waals surface area contributed by atoms with E-state index in [0.29, 0.717) is 18.4 Å². The summed E-state index contributed by atoms with van der Waals surface area (Å²) in [6, 6.07) is 2.02. The summed E-state index contributed by atoms with van der Waals surface area (Å²) < 4.78 is 53.7. The zero-order valence-corrected chi connectivity index (χ0v) is 10.7. The summed E-state index contributed by atoms with van der Waals surface area (Å²) in [5, 5.41) is 0. The van der Waals surface area contributed by atoms with E-state index in [-0.39, 0.29) is 5.56 Å². The smallest absolute Gasteiger partial charge is 0.334 e. The predicted octanol–water partition coefficient (Wildman–Crippen LogP) is 3.11. The van der Waals surface area contributed by atoms with E-state index in [1.54, 1.807) is 10.8 Å². The van der Waals surface area contributed by atoms with Gasteiger partial charge in [0.1, 0.15) is 11.6 Å². The SMILES string of the molecule is CCn1ccnc1C(N)c1cccc(C(F)(F)F)c1F. The fourth-order valence-electron chi connectivity index (χ4n) is 2.02. The maximum atomic E-state index is 14.0. The molecule has 2 aromatic rings. The molecule has 1 aromatic carbocycles. The molecule has 2 rings (SSSR count). The van der Waals surface area contributed by atoms with Crippen molar-refractivity contribution in [3.8, 4) is 0 Å². The average Bonchev–Trinajstić information content (AvgIpc) is 2.85. The summed E-state index contributed by atoms with van der Waals surface area (Å²) in [6.07, 6.45) is -1.63. The molecule has 1 heterocycles. The third-order valence-corrected chi connectivity index (χ3v) is 3.04. The van der Waals surface area contributed by atoms with Crippen molar-refractivity contribution in [3.63, 3.8) is 0 Å². The van der Waals surface area contributed by atoms with Crippen LogP contribution in [0.2, 0.25) is 0 Å². The number of rotatable bonds is 3.